The summed E-state index contributed by atoms with van der Waals surface area (Å²) in [4.78, 5) is 39.2. The Bertz CT molecular complexity index is 1760. The molecular weight excluding hydrogens is 650 g/mol. The first-order valence-electron chi connectivity index (χ1n) is 16.4. The Morgan fingerprint density at radius 2 is 1.60 bits per heavy atom. The van der Waals surface area contributed by atoms with E-state index < -0.39 is 88.8 Å². The van der Waals surface area contributed by atoms with Gasteiger partial charge in [-0.05, 0) is 19.9 Å². The molecule has 5 rings (SSSR count). The monoisotopic (exact) mass is 697 g/mol. The molecule has 3 aliphatic rings. The van der Waals surface area contributed by atoms with Crippen LogP contribution in [0.25, 0.3) is 10.8 Å². The summed E-state index contributed by atoms with van der Waals surface area (Å²) in [7, 11) is 1.43. The third-order valence-corrected chi connectivity index (χ3v) is 9.84. The molecule has 0 saturated heterocycles. The molecular formula is C37H47NO12. The number of carbonyl (C=O) groups excluding carboxylic acids is 3. The number of allylic oxidation sites excluding steroid dienone is 2. The van der Waals surface area contributed by atoms with E-state index in [1.807, 2.05) is 0 Å². The third-order valence-electron chi connectivity index (χ3n) is 9.84. The number of Topliss-reactive ketones (excluding diaryl/α,β-unsaturated/α-hetero) is 1. The number of methoxy groups -OCH3 is 1. The summed E-state index contributed by atoms with van der Waals surface area (Å²) in [5.41, 5.74) is -0.0929. The number of phenolic OH excluding ortho intramolecular Hbond substituents is 3. The number of amides is 1. The number of anilines is 1. The molecule has 0 spiro atoms. The number of aromatic hydroxyl groups is 3. The average Bonchev–Trinajstić information content (AvgIpc) is 3.33. The molecule has 5 bridgehead atoms. The van der Waals surface area contributed by atoms with Gasteiger partial charge in [0.1, 0.15) is 23.4 Å². The van der Waals surface area contributed by atoms with Crippen LogP contribution in [0.5, 0.6) is 23.0 Å². The number of aliphatic hydroxyl groups excluding tert-OH is 2. The van der Waals surface area contributed by atoms with Crippen molar-refractivity contribution in [1.29, 1.82) is 0 Å². The number of ketones is 1. The summed E-state index contributed by atoms with van der Waals surface area (Å²) >= 11 is 0. The summed E-state index contributed by atoms with van der Waals surface area (Å²) in [6.07, 6.45) is 3.62. The van der Waals surface area contributed by atoms with E-state index in [4.69, 9.17) is 18.9 Å². The Balaban J connectivity index is 1.87. The van der Waals surface area contributed by atoms with Gasteiger partial charge in [0.25, 0.3) is 11.7 Å². The van der Waals surface area contributed by atoms with Crippen LogP contribution in [-0.4, -0.2) is 80.5 Å². The van der Waals surface area contributed by atoms with Crippen molar-refractivity contribution in [1.82, 2.24) is 0 Å². The van der Waals surface area contributed by atoms with Crippen molar-refractivity contribution in [3.63, 3.8) is 0 Å². The highest BCUT2D eigenvalue weighted by Crippen LogP contribution is 2.53. The van der Waals surface area contributed by atoms with Crippen LogP contribution in [0.3, 0.4) is 0 Å². The minimum Gasteiger partial charge on any atom is -0.507 e. The number of hydrogen-bond acceptors (Lipinski definition) is 12. The second-order valence-electron chi connectivity index (χ2n) is 13.4. The lowest BCUT2D eigenvalue weighted by atomic mass is 9.78. The number of phenols is 3. The maximum absolute atomic E-state index is 13.9. The van der Waals surface area contributed by atoms with Crippen LogP contribution in [0.1, 0.15) is 64.4 Å². The first-order valence-corrected chi connectivity index (χ1v) is 16.4. The first kappa shape index (κ1) is 38.2. The van der Waals surface area contributed by atoms with E-state index in [0.717, 1.165) is 6.07 Å². The molecule has 3 heterocycles. The van der Waals surface area contributed by atoms with Crippen LogP contribution in [-0.2, 0) is 23.8 Å². The fourth-order valence-corrected chi connectivity index (χ4v) is 6.65. The fourth-order valence-electron chi connectivity index (χ4n) is 6.65. The van der Waals surface area contributed by atoms with Crippen molar-refractivity contribution in [2.24, 2.45) is 23.7 Å². The van der Waals surface area contributed by atoms with Crippen LogP contribution < -0.4 is 10.1 Å². The molecule has 2 aromatic carbocycles. The van der Waals surface area contributed by atoms with Gasteiger partial charge in [-0.25, -0.2) is 0 Å². The number of aliphatic hydroxyl groups is 2. The zero-order valence-electron chi connectivity index (χ0n) is 29.7. The van der Waals surface area contributed by atoms with Crippen molar-refractivity contribution in [3.05, 3.63) is 53.3 Å². The van der Waals surface area contributed by atoms with Gasteiger partial charge in [-0.2, -0.15) is 0 Å². The summed E-state index contributed by atoms with van der Waals surface area (Å²) in [5, 5.41) is 58.2. The molecule has 3 aliphatic heterocycles. The molecule has 50 heavy (non-hydrogen) atoms. The first-order chi connectivity index (χ1) is 23.4. The zero-order chi connectivity index (χ0) is 37.4. The number of fused-ring (bicyclic) bond motifs is 14. The van der Waals surface area contributed by atoms with Gasteiger partial charge >= 0.3 is 11.8 Å². The van der Waals surface area contributed by atoms with Crippen LogP contribution in [0.15, 0.2) is 42.2 Å². The molecule has 13 heteroatoms. The van der Waals surface area contributed by atoms with Crippen LogP contribution >= 0.6 is 0 Å². The van der Waals surface area contributed by atoms with Crippen molar-refractivity contribution in [2.45, 2.75) is 85.6 Å². The van der Waals surface area contributed by atoms with Gasteiger partial charge in [-0.3, -0.25) is 14.4 Å². The highest BCUT2D eigenvalue weighted by molar-refractivity contribution is 6.21. The van der Waals surface area contributed by atoms with Crippen molar-refractivity contribution < 1.29 is 58.9 Å². The number of nitrogens with one attached hydrogen (secondary N) is 1. The average molecular weight is 698 g/mol. The predicted octanol–water partition coefficient (Wildman–Crippen LogP) is 4.75. The maximum atomic E-state index is 13.9. The van der Waals surface area contributed by atoms with Gasteiger partial charge in [0, 0.05) is 67.2 Å². The van der Waals surface area contributed by atoms with E-state index in [2.05, 4.69) is 5.32 Å². The number of esters is 1. The molecule has 0 radical (unpaired) electrons. The minimum absolute atomic E-state index is 0.0709. The van der Waals surface area contributed by atoms with Crippen LogP contribution in [0.4, 0.5) is 5.69 Å². The molecule has 9 atom stereocenters. The smallest absolute Gasteiger partial charge is 0.312 e. The molecule has 6 N–H and O–H groups in total. The lowest BCUT2D eigenvalue weighted by Gasteiger charge is -2.38. The predicted molar refractivity (Wildman–Crippen MR) is 184 cm³/mol. The quantitative estimate of drug-likeness (QED) is 0.143. The molecule has 13 nitrogen and oxygen atoms in total. The molecule has 0 saturated carbocycles. The van der Waals surface area contributed by atoms with E-state index in [1.165, 1.54) is 53.2 Å². The van der Waals surface area contributed by atoms with Gasteiger partial charge in [0.15, 0.2) is 5.75 Å². The second-order valence-corrected chi connectivity index (χ2v) is 13.4. The van der Waals surface area contributed by atoms with E-state index in [9.17, 15) is 39.9 Å². The molecule has 272 valence electrons. The summed E-state index contributed by atoms with van der Waals surface area (Å²) in [6.45, 7) is 12.5. The van der Waals surface area contributed by atoms with Crippen LogP contribution in [0, 0.1) is 30.6 Å². The number of ether oxygens (including phenoxy) is 4. The van der Waals surface area contributed by atoms with Gasteiger partial charge in [0.2, 0.25) is 0 Å². The standard InChI is InChI=1S/C37H47NO12/c1-16-11-10-12-17(2)36(46)38-23-15-24(40)26-27(32(23)44)31(43)21(6)34-28(26)35(45)37(8,50-34)48-14-13-25(47-9)18(3)33(49-22(7)39)20(5)30(42)19(4)29(16)41/h10-16,18-20,25,29-30,33,40-44H,1-9H3,(H,38,46)/b11-10+,14-13+,17-12+/t16-,18+,19+,20+,25-,29-,30+,33?,37-/m0/s1. The zero-order valence-corrected chi connectivity index (χ0v) is 29.7. The topological polar surface area (TPSA) is 201 Å². The second kappa shape index (κ2) is 14.7. The van der Waals surface area contributed by atoms with Crippen molar-refractivity contribution >= 4 is 34.1 Å². The minimum atomic E-state index is -1.98. The third kappa shape index (κ3) is 7.03. The summed E-state index contributed by atoms with van der Waals surface area (Å²) in [6, 6.07) is 1.06. The number of carbonyl (C=O) groups is 3. The number of hydrogen-bond donors (Lipinski definition) is 6. The highest BCUT2D eigenvalue weighted by atomic mass is 16.7. The lowest BCUT2D eigenvalue weighted by molar-refractivity contribution is -0.160. The highest BCUT2D eigenvalue weighted by Gasteiger charge is 2.49. The Morgan fingerprint density at radius 3 is 2.22 bits per heavy atom. The van der Waals surface area contributed by atoms with Gasteiger partial charge in [-0.15, -0.1) is 0 Å². The fraction of sp³-hybridized carbons (Fsp3) is 0.486. The van der Waals surface area contributed by atoms with E-state index in [0.29, 0.717) is 0 Å². The molecule has 0 aliphatic carbocycles. The van der Waals surface area contributed by atoms with E-state index in [-0.39, 0.29) is 38.9 Å². The Morgan fingerprint density at radius 1 is 0.940 bits per heavy atom. The largest absolute Gasteiger partial charge is 0.507 e. The van der Waals surface area contributed by atoms with Crippen molar-refractivity contribution in [2.75, 3.05) is 12.4 Å². The van der Waals surface area contributed by atoms with Crippen LogP contribution in [0.2, 0.25) is 0 Å². The summed E-state index contributed by atoms with van der Waals surface area (Å²) < 4.78 is 23.2. The van der Waals surface area contributed by atoms with Crippen molar-refractivity contribution in [3.8, 4) is 23.0 Å². The van der Waals surface area contributed by atoms with E-state index in [1.54, 1.807) is 39.8 Å². The Hall–Kier alpha value is -4.59. The Labute approximate surface area is 290 Å². The normalized spacial score (nSPS) is 33.2. The molecule has 2 aromatic rings. The SMILES string of the molecule is CO[C@H]1/C=C/O[C@@]2(C)Oc3c(C)c(O)c4c(O)c(cc(O)c4c3C2=O)NC(=O)/C(C)=C/C=C/[C@H](C)[C@H](O)[C@@H](C)[C@@H](O)[C@@H](C)C(OC(C)=O)[C@@H]1C. The van der Waals surface area contributed by atoms with E-state index >= 15 is 0 Å². The maximum Gasteiger partial charge on any atom is 0.312 e. The molecule has 1 unspecified atom stereocenters. The lowest BCUT2D eigenvalue weighted by Crippen LogP contribution is -2.46. The van der Waals surface area contributed by atoms with Gasteiger partial charge in [-0.1, -0.05) is 45.9 Å². The van der Waals surface area contributed by atoms with Gasteiger partial charge in [0.05, 0.1) is 41.2 Å². The summed E-state index contributed by atoms with van der Waals surface area (Å²) in [5.74, 6) is -7.99. The van der Waals surface area contributed by atoms with Gasteiger partial charge < -0.3 is 49.8 Å². The Kier molecular flexibility index (Phi) is 11.2. The molecule has 0 aromatic heterocycles. The number of rotatable bonds is 2. The molecule has 0 fully saturated rings. The molecule has 1 amide bonds. The number of benzene rings is 2.